The molecule has 0 saturated carbocycles. The van der Waals surface area contributed by atoms with Gasteiger partial charge >= 0.3 is 0 Å². The third kappa shape index (κ3) is 5.04. The second-order valence-corrected chi connectivity index (χ2v) is 6.05. The van der Waals surface area contributed by atoms with Gasteiger partial charge in [0.15, 0.2) is 5.78 Å². The molecule has 2 nitrogen and oxygen atoms in total. The first-order valence-corrected chi connectivity index (χ1v) is 8.24. The fourth-order valence-electron chi connectivity index (χ4n) is 2.80. The monoisotopic (exact) mass is 319 g/mol. The smallest absolute Gasteiger partial charge is 0.175 e. The molecule has 0 heterocycles. The van der Waals surface area contributed by atoms with Gasteiger partial charge in [-0.1, -0.05) is 73.3 Å². The number of rotatable bonds is 9. The average Bonchev–Trinajstić information content (AvgIpc) is 2.60. The summed E-state index contributed by atoms with van der Waals surface area (Å²) >= 11 is 0. The first-order valence-electron chi connectivity index (χ1n) is 8.24. The number of nitrogens with zero attached hydrogens (tertiary/aromatic N) is 1. The molecule has 2 heteroatoms. The van der Waals surface area contributed by atoms with E-state index >= 15 is 0 Å². The van der Waals surface area contributed by atoms with Crippen LogP contribution < -0.4 is 0 Å². The average molecular weight is 319 g/mol. The van der Waals surface area contributed by atoms with E-state index in [1.807, 2.05) is 42.5 Å². The molecule has 0 fully saturated rings. The minimum Gasteiger partial charge on any atom is -0.293 e. The number of hydrogen-bond donors (Lipinski definition) is 0. The summed E-state index contributed by atoms with van der Waals surface area (Å²) in [6.07, 6.45) is 2.53. The molecule has 0 aromatic heterocycles. The molecule has 0 bridgehead atoms. The van der Waals surface area contributed by atoms with Crippen molar-refractivity contribution >= 4 is 5.78 Å². The van der Waals surface area contributed by atoms with Gasteiger partial charge in [-0.15, -0.1) is 6.58 Å². The van der Waals surface area contributed by atoms with Gasteiger partial charge in [0.25, 0.3) is 0 Å². The first-order chi connectivity index (χ1) is 11.6. The number of hydrogen-bond acceptors (Lipinski definition) is 2. The maximum Gasteiger partial charge on any atom is 0.175 e. The van der Waals surface area contributed by atoms with E-state index in [1.165, 1.54) is 5.56 Å². The Bertz CT molecular complexity index is 676. The SMILES string of the molecule is C=CCN(Cc1ccccc1)C(Cc1ccccc1)C(=O)C(=C)C. The van der Waals surface area contributed by atoms with Crippen molar-refractivity contribution in [2.75, 3.05) is 6.54 Å². The third-order valence-electron chi connectivity index (χ3n) is 4.03. The van der Waals surface area contributed by atoms with Gasteiger partial charge in [-0.05, 0) is 30.0 Å². The lowest BCUT2D eigenvalue weighted by Crippen LogP contribution is -2.42. The maximum atomic E-state index is 12.8. The number of benzene rings is 2. The van der Waals surface area contributed by atoms with Crippen LogP contribution in [0, 0.1) is 0 Å². The molecule has 0 amide bonds. The third-order valence-corrected chi connectivity index (χ3v) is 4.03. The molecular weight excluding hydrogens is 294 g/mol. The zero-order chi connectivity index (χ0) is 17.4. The summed E-state index contributed by atoms with van der Waals surface area (Å²) in [4.78, 5) is 15.0. The molecule has 0 spiro atoms. The fourth-order valence-corrected chi connectivity index (χ4v) is 2.80. The summed E-state index contributed by atoms with van der Waals surface area (Å²) in [6, 6.07) is 20.1. The quantitative estimate of drug-likeness (QED) is 0.503. The van der Waals surface area contributed by atoms with Gasteiger partial charge in [0.05, 0.1) is 6.04 Å². The molecule has 0 aliphatic heterocycles. The molecule has 1 atom stereocenters. The molecule has 124 valence electrons. The molecular formula is C22H25NO. The van der Waals surface area contributed by atoms with Gasteiger partial charge < -0.3 is 0 Å². The summed E-state index contributed by atoms with van der Waals surface area (Å²) in [5.74, 6) is 0.0941. The van der Waals surface area contributed by atoms with Gasteiger partial charge in [-0.2, -0.15) is 0 Å². The van der Waals surface area contributed by atoms with E-state index in [0.717, 1.165) is 5.56 Å². The van der Waals surface area contributed by atoms with E-state index in [0.29, 0.717) is 25.1 Å². The molecule has 2 aromatic carbocycles. The van der Waals surface area contributed by atoms with E-state index in [9.17, 15) is 4.79 Å². The molecule has 1 unspecified atom stereocenters. The van der Waals surface area contributed by atoms with Crippen LogP contribution in [-0.4, -0.2) is 23.3 Å². The molecule has 0 aliphatic rings. The van der Waals surface area contributed by atoms with E-state index in [1.54, 1.807) is 6.92 Å². The van der Waals surface area contributed by atoms with Crippen LogP contribution in [0.15, 0.2) is 85.5 Å². The molecule has 0 saturated heterocycles. The summed E-state index contributed by atoms with van der Waals surface area (Å²) in [7, 11) is 0. The van der Waals surface area contributed by atoms with E-state index in [-0.39, 0.29) is 11.8 Å². The molecule has 2 rings (SSSR count). The predicted octanol–water partition coefficient (Wildman–Crippen LogP) is 4.43. The van der Waals surface area contributed by atoms with E-state index in [4.69, 9.17) is 0 Å². The highest BCUT2D eigenvalue weighted by molar-refractivity contribution is 5.98. The maximum absolute atomic E-state index is 12.8. The van der Waals surface area contributed by atoms with Crippen LogP contribution in [0.1, 0.15) is 18.1 Å². The van der Waals surface area contributed by atoms with Gasteiger partial charge in [-0.3, -0.25) is 9.69 Å². The van der Waals surface area contributed by atoms with E-state index < -0.39 is 0 Å². The number of carbonyl (C=O) groups is 1. The largest absolute Gasteiger partial charge is 0.293 e. The normalized spacial score (nSPS) is 11.9. The van der Waals surface area contributed by atoms with E-state index in [2.05, 4.69) is 42.3 Å². The number of carbonyl (C=O) groups excluding carboxylic acids is 1. The van der Waals surface area contributed by atoms with Crippen LogP contribution in [-0.2, 0) is 17.8 Å². The number of Topliss-reactive ketones (excluding diaryl/α,β-unsaturated/α-hetero) is 1. The number of ketones is 1. The Morgan fingerprint density at radius 3 is 2.08 bits per heavy atom. The van der Waals surface area contributed by atoms with Crippen molar-refractivity contribution in [3.05, 3.63) is 96.6 Å². The zero-order valence-corrected chi connectivity index (χ0v) is 14.3. The Labute approximate surface area is 145 Å². The lowest BCUT2D eigenvalue weighted by Gasteiger charge is -2.30. The van der Waals surface area contributed by atoms with Crippen molar-refractivity contribution in [1.29, 1.82) is 0 Å². The Hall–Kier alpha value is -2.45. The first kappa shape index (κ1) is 17.9. The minimum absolute atomic E-state index is 0.0941. The summed E-state index contributed by atoms with van der Waals surface area (Å²) < 4.78 is 0. The second kappa shape index (κ2) is 8.99. The molecule has 24 heavy (non-hydrogen) atoms. The predicted molar refractivity (Wildman–Crippen MR) is 101 cm³/mol. The summed E-state index contributed by atoms with van der Waals surface area (Å²) in [6.45, 7) is 10.9. The topological polar surface area (TPSA) is 20.3 Å². The van der Waals surface area contributed by atoms with Gasteiger partial charge in [0, 0.05) is 13.1 Å². The van der Waals surface area contributed by atoms with Crippen LogP contribution in [0.25, 0.3) is 0 Å². The lowest BCUT2D eigenvalue weighted by atomic mass is 9.96. The molecule has 0 radical (unpaired) electrons. The van der Waals surface area contributed by atoms with Crippen molar-refractivity contribution in [2.24, 2.45) is 0 Å². The molecule has 0 N–H and O–H groups in total. The highest BCUT2D eigenvalue weighted by atomic mass is 16.1. The van der Waals surface area contributed by atoms with Crippen LogP contribution in [0.3, 0.4) is 0 Å². The van der Waals surface area contributed by atoms with Crippen LogP contribution in [0.5, 0.6) is 0 Å². The van der Waals surface area contributed by atoms with Gasteiger partial charge in [0.2, 0.25) is 0 Å². The van der Waals surface area contributed by atoms with Crippen molar-refractivity contribution < 1.29 is 4.79 Å². The van der Waals surface area contributed by atoms with Crippen LogP contribution in [0.2, 0.25) is 0 Å². The standard InChI is InChI=1S/C22H25NO/c1-4-15-23(17-20-13-9-6-10-14-20)21(22(24)18(2)3)16-19-11-7-5-8-12-19/h4-14,21H,1-2,15-17H2,3H3. The van der Waals surface area contributed by atoms with Crippen molar-refractivity contribution in [3.8, 4) is 0 Å². The fraction of sp³-hybridized carbons (Fsp3) is 0.227. The Kier molecular flexibility index (Phi) is 6.71. The van der Waals surface area contributed by atoms with Crippen molar-refractivity contribution in [2.45, 2.75) is 25.9 Å². The van der Waals surface area contributed by atoms with Crippen LogP contribution in [0.4, 0.5) is 0 Å². The Morgan fingerprint density at radius 2 is 1.58 bits per heavy atom. The highest BCUT2D eigenvalue weighted by Gasteiger charge is 2.26. The van der Waals surface area contributed by atoms with Gasteiger partial charge in [0.1, 0.15) is 0 Å². The molecule has 2 aromatic rings. The Morgan fingerprint density at radius 1 is 1.04 bits per heavy atom. The second-order valence-electron chi connectivity index (χ2n) is 6.05. The van der Waals surface area contributed by atoms with Crippen LogP contribution >= 0.6 is 0 Å². The highest BCUT2D eigenvalue weighted by Crippen LogP contribution is 2.16. The summed E-state index contributed by atoms with van der Waals surface area (Å²) in [5, 5.41) is 0. The Balaban J connectivity index is 2.27. The summed E-state index contributed by atoms with van der Waals surface area (Å²) in [5.41, 5.74) is 2.93. The van der Waals surface area contributed by atoms with Crippen molar-refractivity contribution in [3.63, 3.8) is 0 Å². The molecule has 0 aliphatic carbocycles. The minimum atomic E-state index is -0.233. The zero-order valence-electron chi connectivity index (χ0n) is 14.3. The van der Waals surface area contributed by atoms with Gasteiger partial charge in [-0.25, -0.2) is 0 Å². The lowest BCUT2D eigenvalue weighted by molar-refractivity contribution is -0.120. The van der Waals surface area contributed by atoms with Crippen molar-refractivity contribution in [1.82, 2.24) is 4.90 Å².